The zero-order valence-electron chi connectivity index (χ0n) is 19.1. The normalized spacial score (nSPS) is 19.8. The summed E-state index contributed by atoms with van der Waals surface area (Å²) in [5, 5.41) is 1.27. The van der Waals surface area contributed by atoms with Gasteiger partial charge in [-0.15, -0.1) is 0 Å². The van der Waals surface area contributed by atoms with E-state index < -0.39 is 23.7 Å². The van der Waals surface area contributed by atoms with Crippen LogP contribution >= 0.6 is 0 Å². The molecular formula is C23H29F3O4S2Si. The minimum absolute atomic E-state index is 0.149. The van der Waals surface area contributed by atoms with E-state index in [0.717, 1.165) is 24.2 Å². The Morgan fingerprint density at radius 1 is 1.03 bits per heavy atom. The van der Waals surface area contributed by atoms with Crippen LogP contribution in [0.25, 0.3) is 0 Å². The first-order chi connectivity index (χ1) is 15.0. The van der Waals surface area contributed by atoms with Crippen molar-refractivity contribution in [2.45, 2.75) is 49.8 Å². The van der Waals surface area contributed by atoms with E-state index in [9.17, 15) is 18.0 Å². The summed E-state index contributed by atoms with van der Waals surface area (Å²) in [6.07, 6.45) is 2.00. The monoisotopic (exact) mass is 518 g/mol. The highest BCUT2D eigenvalue weighted by Gasteiger charge is 2.45. The molecule has 1 aliphatic rings. The lowest BCUT2D eigenvalue weighted by molar-refractivity contribution is -0.0517. The van der Waals surface area contributed by atoms with Gasteiger partial charge in [-0.1, -0.05) is 62.1 Å². The summed E-state index contributed by atoms with van der Waals surface area (Å²) >= 11 is 0. The van der Waals surface area contributed by atoms with Crippen molar-refractivity contribution in [1.29, 1.82) is 0 Å². The smallest absolute Gasteiger partial charge is 0.485 e. The number of halogens is 3. The van der Waals surface area contributed by atoms with Crippen LogP contribution in [0, 0.1) is 5.41 Å². The number of hydrogen-bond donors (Lipinski definition) is 0. The lowest BCUT2D eigenvalue weighted by atomic mass is 9.73. The van der Waals surface area contributed by atoms with Crippen molar-refractivity contribution in [1.82, 2.24) is 0 Å². The zero-order chi connectivity index (χ0) is 25.1. The van der Waals surface area contributed by atoms with Crippen LogP contribution in [0.5, 0.6) is 0 Å². The number of fused-ring (bicyclic) bond motifs is 1. The van der Waals surface area contributed by atoms with Crippen LogP contribution in [0.15, 0.2) is 59.5 Å². The Morgan fingerprint density at radius 3 is 2.06 bits per heavy atom. The number of aryl methyl sites for hydroxylation is 1. The third kappa shape index (κ3) is 7.70. The molecule has 33 heavy (non-hydrogen) atoms. The summed E-state index contributed by atoms with van der Waals surface area (Å²) in [6.45, 7) is 9.53. The topological polar surface area (TPSA) is 74.3 Å². The first-order valence-corrected chi connectivity index (χ1v) is 17.1. The molecule has 3 rings (SSSR count). The fourth-order valence-corrected chi connectivity index (χ4v) is 10.7. The summed E-state index contributed by atoms with van der Waals surface area (Å²) in [7, 11) is -7.15. The molecule has 0 aromatic heterocycles. The quantitative estimate of drug-likeness (QED) is 0.229. The Hall–Kier alpha value is -1.62. The average molecular weight is 519 g/mol. The number of hydrogen-bond acceptors (Lipinski definition) is 4. The largest absolute Gasteiger partial charge is 0.741 e. The van der Waals surface area contributed by atoms with E-state index >= 15 is 0 Å². The summed E-state index contributed by atoms with van der Waals surface area (Å²) in [5.41, 5.74) is -3.68. The molecule has 10 heteroatoms. The molecule has 182 valence electrons. The molecule has 2 aromatic carbocycles. The number of Topliss-reactive ketones (excluding diaryl/α,β-unsaturated/α-hetero) is 1. The Kier molecular flexibility index (Phi) is 8.65. The van der Waals surface area contributed by atoms with Gasteiger partial charge in [0.1, 0.15) is 13.8 Å². The lowest BCUT2D eigenvalue weighted by Gasteiger charge is -2.33. The zero-order valence-corrected chi connectivity index (χ0v) is 21.7. The molecule has 4 nitrogen and oxygen atoms in total. The van der Waals surface area contributed by atoms with Crippen molar-refractivity contribution < 1.29 is 30.9 Å². The Balaban J connectivity index is 0.000000414. The van der Waals surface area contributed by atoms with Crippen LogP contribution < -0.4 is 0 Å². The van der Waals surface area contributed by atoms with E-state index in [1.165, 1.54) is 15.8 Å². The Bertz CT molecular complexity index is 1070. The molecule has 0 spiro atoms. The van der Waals surface area contributed by atoms with E-state index in [1.807, 2.05) is 12.1 Å². The molecule has 0 radical (unpaired) electrons. The molecule has 1 aliphatic carbocycles. The van der Waals surface area contributed by atoms with Crippen molar-refractivity contribution in [2.24, 2.45) is 5.41 Å². The molecule has 2 atom stereocenters. The fourth-order valence-electron chi connectivity index (χ4n) is 3.68. The standard InChI is InChI=1S/C22H29OSSi.CHF3O3S/c1-22(15-14-18-10-8-9-13-20(18)21(22)23)16-24(17-25(2,3)4)19-11-6-5-7-12-19;2-1(3,4)8(5,6)7/h5-13H,14-17H2,1-4H3;(H,5,6,7)/q+1;/p-1. The first kappa shape index (κ1) is 27.6. The highest BCUT2D eigenvalue weighted by molar-refractivity contribution is 7.98. The van der Waals surface area contributed by atoms with Crippen molar-refractivity contribution >= 4 is 34.9 Å². The summed E-state index contributed by atoms with van der Waals surface area (Å²) in [6, 6.07) is 19.1. The molecule has 0 saturated heterocycles. The van der Waals surface area contributed by atoms with Gasteiger partial charge in [0.25, 0.3) is 0 Å². The van der Waals surface area contributed by atoms with E-state index in [4.69, 9.17) is 13.0 Å². The van der Waals surface area contributed by atoms with Crippen LogP contribution in [0.4, 0.5) is 13.2 Å². The molecular weight excluding hydrogens is 489 g/mol. The third-order valence-corrected chi connectivity index (χ3v) is 12.6. The Labute approximate surface area is 197 Å². The second-order valence-electron chi connectivity index (χ2n) is 9.60. The van der Waals surface area contributed by atoms with E-state index in [-0.39, 0.29) is 16.3 Å². The molecule has 0 aliphatic heterocycles. The van der Waals surface area contributed by atoms with Crippen molar-refractivity contribution in [2.75, 3.05) is 11.1 Å². The van der Waals surface area contributed by atoms with Crippen LogP contribution in [-0.2, 0) is 27.4 Å². The Morgan fingerprint density at radius 2 is 1.55 bits per heavy atom. The third-order valence-electron chi connectivity index (χ3n) is 5.22. The van der Waals surface area contributed by atoms with Crippen LogP contribution in [-0.4, -0.2) is 43.5 Å². The number of rotatable bonds is 5. The maximum atomic E-state index is 13.3. The molecule has 2 aromatic rings. The number of benzene rings is 2. The van der Waals surface area contributed by atoms with Gasteiger partial charge in [0.2, 0.25) is 0 Å². The maximum absolute atomic E-state index is 13.3. The minimum Gasteiger partial charge on any atom is -0.741 e. The maximum Gasteiger partial charge on any atom is 0.485 e. The second kappa shape index (κ2) is 10.3. The van der Waals surface area contributed by atoms with Gasteiger partial charge >= 0.3 is 5.51 Å². The fraction of sp³-hybridized carbons (Fsp3) is 0.435. The summed E-state index contributed by atoms with van der Waals surface area (Å²) in [4.78, 5) is 14.7. The second-order valence-corrected chi connectivity index (χ2v) is 19.0. The van der Waals surface area contributed by atoms with Gasteiger partial charge in [-0.05, 0) is 37.5 Å². The van der Waals surface area contributed by atoms with Crippen LogP contribution in [0.3, 0.4) is 0 Å². The van der Waals surface area contributed by atoms with Gasteiger partial charge in [0, 0.05) is 16.5 Å². The summed E-state index contributed by atoms with van der Waals surface area (Å²) < 4.78 is 58.9. The van der Waals surface area contributed by atoms with E-state index in [1.54, 1.807) is 0 Å². The van der Waals surface area contributed by atoms with Gasteiger partial charge in [-0.25, -0.2) is 8.42 Å². The van der Waals surface area contributed by atoms with Crippen LogP contribution in [0.2, 0.25) is 19.6 Å². The highest BCUT2D eigenvalue weighted by Crippen LogP contribution is 2.38. The molecule has 0 bridgehead atoms. The molecule has 0 N–H and O–H groups in total. The lowest BCUT2D eigenvalue weighted by Crippen LogP contribution is -2.43. The molecule has 2 unspecified atom stereocenters. The van der Waals surface area contributed by atoms with Crippen molar-refractivity contribution in [3.05, 3.63) is 65.7 Å². The molecule has 0 amide bonds. The molecule has 0 saturated carbocycles. The van der Waals surface area contributed by atoms with Gasteiger partial charge in [-0.3, -0.25) is 4.79 Å². The molecule has 0 fully saturated rings. The van der Waals surface area contributed by atoms with Gasteiger partial charge in [0.05, 0.1) is 10.8 Å². The highest BCUT2D eigenvalue weighted by atomic mass is 32.2. The molecule has 0 heterocycles. The van der Waals surface area contributed by atoms with E-state index in [0.29, 0.717) is 5.78 Å². The van der Waals surface area contributed by atoms with Gasteiger partial charge in [-0.2, -0.15) is 13.2 Å². The number of carbonyl (C=O) groups is 1. The van der Waals surface area contributed by atoms with Gasteiger partial charge in [0.15, 0.2) is 20.8 Å². The predicted octanol–water partition coefficient (Wildman–Crippen LogP) is 5.43. The first-order valence-electron chi connectivity index (χ1n) is 10.4. The number of alkyl halides is 3. The predicted molar refractivity (Wildman–Crippen MR) is 128 cm³/mol. The minimum atomic E-state index is -6.09. The average Bonchev–Trinajstić information content (AvgIpc) is 2.69. The van der Waals surface area contributed by atoms with E-state index in [2.05, 4.69) is 69.0 Å². The number of carbonyl (C=O) groups excluding carboxylic acids is 1. The van der Waals surface area contributed by atoms with Crippen molar-refractivity contribution in [3.8, 4) is 0 Å². The number of ketones is 1. The SMILES string of the molecule is CC1(C[S+](C[Si](C)(C)C)c2ccccc2)CCc2ccccc2C1=O.O=S(=O)([O-])C(F)(F)F. The van der Waals surface area contributed by atoms with Gasteiger partial charge < -0.3 is 4.55 Å². The van der Waals surface area contributed by atoms with Crippen molar-refractivity contribution in [3.63, 3.8) is 0 Å². The van der Waals surface area contributed by atoms with Crippen LogP contribution in [0.1, 0.15) is 29.3 Å². The summed E-state index contributed by atoms with van der Waals surface area (Å²) in [5.74, 6) is 1.35.